The Balaban J connectivity index is 3.18. The Hall–Kier alpha value is -0.610. The first-order valence-electron chi connectivity index (χ1n) is 7.17. The highest BCUT2D eigenvalue weighted by atomic mass is 16.4. The van der Waals surface area contributed by atoms with E-state index in [0.29, 0.717) is 13.0 Å². The fourth-order valence-electron chi connectivity index (χ4n) is 2.03. The molecule has 1 atom stereocenters. The van der Waals surface area contributed by atoms with Gasteiger partial charge in [-0.05, 0) is 12.8 Å². The third-order valence-corrected chi connectivity index (χ3v) is 3.28. The zero-order chi connectivity index (χ0) is 13.6. The van der Waals surface area contributed by atoms with E-state index < -0.39 is 11.9 Å². The minimum Gasteiger partial charge on any atom is -0.481 e. The van der Waals surface area contributed by atoms with E-state index in [-0.39, 0.29) is 6.61 Å². The molecule has 0 radical (unpaired) electrons. The first kappa shape index (κ1) is 17.4. The molecule has 0 amide bonds. The SMILES string of the molecule is O=C(O)C(CO)CCCCCCCCCCCO. The molecule has 0 heterocycles. The van der Waals surface area contributed by atoms with Crippen LogP contribution in [0.4, 0.5) is 0 Å². The molecule has 0 bridgehead atoms. The molecule has 1 unspecified atom stereocenters. The van der Waals surface area contributed by atoms with Crippen molar-refractivity contribution in [2.75, 3.05) is 13.2 Å². The van der Waals surface area contributed by atoms with Crippen molar-refractivity contribution in [1.29, 1.82) is 0 Å². The van der Waals surface area contributed by atoms with Crippen molar-refractivity contribution in [3.63, 3.8) is 0 Å². The number of carbonyl (C=O) groups is 1. The van der Waals surface area contributed by atoms with Crippen LogP contribution in [0, 0.1) is 5.92 Å². The van der Waals surface area contributed by atoms with E-state index in [0.717, 1.165) is 32.1 Å². The molecule has 0 rings (SSSR count). The molecule has 0 fully saturated rings. The van der Waals surface area contributed by atoms with Gasteiger partial charge in [0.1, 0.15) is 0 Å². The molecule has 0 aromatic rings. The lowest BCUT2D eigenvalue weighted by molar-refractivity contribution is -0.143. The monoisotopic (exact) mass is 260 g/mol. The van der Waals surface area contributed by atoms with Gasteiger partial charge in [-0.15, -0.1) is 0 Å². The molecule has 0 aromatic heterocycles. The van der Waals surface area contributed by atoms with E-state index in [1.165, 1.54) is 25.7 Å². The van der Waals surface area contributed by atoms with Crippen molar-refractivity contribution < 1.29 is 20.1 Å². The molecule has 0 spiro atoms. The number of unbranched alkanes of at least 4 members (excludes halogenated alkanes) is 8. The Morgan fingerprint density at radius 1 is 0.778 bits per heavy atom. The summed E-state index contributed by atoms with van der Waals surface area (Å²) in [5, 5.41) is 26.2. The van der Waals surface area contributed by atoms with Gasteiger partial charge in [0.2, 0.25) is 0 Å². The number of hydrogen-bond acceptors (Lipinski definition) is 3. The van der Waals surface area contributed by atoms with Gasteiger partial charge < -0.3 is 15.3 Å². The van der Waals surface area contributed by atoms with Crippen LogP contribution in [0.2, 0.25) is 0 Å². The lowest BCUT2D eigenvalue weighted by Crippen LogP contribution is -2.17. The van der Waals surface area contributed by atoms with Gasteiger partial charge in [0, 0.05) is 6.61 Å². The molecule has 0 aliphatic heterocycles. The number of aliphatic hydroxyl groups excluding tert-OH is 2. The van der Waals surface area contributed by atoms with Crippen molar-refractivity contribution in [3.8, 4) is 0 Å². The normalized spacial score (nSPS) is 12.6. The number of aliphatic hydroxyl groups is 2. The van der Waals surface area contributed by atoms with E-state index in [1.54, 1.807) is 0 Å². The molecule has 0 aliphatic carbocycles. The van der Waals surface area contributed by atoms with Gasteiger partial charge in [0.25, 0.3) is 0 Å². The molecule has 0 aliphatic rings. The molecule has 18 heavy (non-hydrogen) atoms. The summed E-state index contributed by atoms with van der Waals surface area (Å²) < 4.78 is 0. The highest BCUT2D eigenvalue weighted by molar-refractivity contribution is 5.69. The summed E-state index contributed by atoms with van der Waals surface area (Å²) >= 11 is 0. The molecule has 0 saturated heterocycles. The van der Waals surface area contributed by atoms with Gasteiger partial charge in [0.15, 0.2) is 0 Å². The maximum Gasteiger partial charge on any atom is 0.308 e. The average molecular weight is 260 g/mol. The van der Waals surface area contributed by atoms with Crippen molar-refractivity contribution in [1.82, 2.24) is 0 Å². The molecule has 4 heteroatoms. The van der Waals surface area contributed by atoms with Gasteiger partial charge in [-0.1, -0.05) is 51.4 Å². The summed E-state index contributed by atoms with van der Waals surface area (Å²) in [6, 6.07) is 0. The van der Waals surface area contributed by atoms with Crippen molar-refractivity contribution in [3.05, 3.63) is 0 Å². The van der Waals surface area contributed by atoms with E-state index in [2.05, 4.69) is 0 Å². The first-order chi connectivity index (χ1) is 8.72. The fraction of sp³-hybridized carbons (Fsp3) is 0.929. The number of hydrogen-bond donors (Lipinski definition) is 3. The minimum absolute atomic E-state index is 0.250. The van der Waals surface area contributed by atoms with Crippen LogP contribution in [-0.4, -0.2) is 34.5 Å². The van der Waals surface area contributed by atoms with Gasteiger partial charge in [-0.25, -0.2) is 0 Å². The maximum absolute atomic E-state index is 10.6. The predicted octanol–water partition coefficient (Wildman–Crippen LogP) is 2.57. The van der Waals surface area contributed by atoms with Crippen LogP contribution >= 0.6 is 0 Å². The van der Waals surface area contributed by atoms with Gasteiger partial charge in [-0.3, -0.25) is 4.79 Å². The third kappa shape index (κ3) is 10.5. The average Bonchev–Trinajstić information content (AvgIpc) is 2.35. The smallest absolute Gasteiger partial charge is 0.308 e. The Morgan fingerprint density at radius 2 is 1.22 bits per heavy atom. The van der Waals surface area contributed by atoms with Crippen molar-refractivity contribution >= 4 is 5.97 Å². The quantitative estimate of drug-likeness (QED) is 0.445. The molecule has 108 valence electrons. The van der Waals surface area contributed by atoms with Gasteiger partial charge in [0.05, 0.1) is 12.5 Å². The van der Waals surface area contributed by atoms with Crippen molar-refractivity contribution in [2.24, 2.45) is 5.92 Å². The lowest BCUT2D eigenvalue weighted by atomic mass is 10.0. The third-order valence-electron chi connectivity index (χ3n) is 3.28. The number of carboxylic acids is 1. The van der Waals surface area contributed by atoms with Crippen LogP contribution in [0.1, 0.15) is 64.2 Å². The first-order valence-corrected chi connectivity index (χ1v) is 7.17. The zero-order valence-electron chi connectivity index (χ0n) is 11.3. The summed E-state index contributed by atoms with van der Waals surface area (Å²) in [5.41, 5.74) is 0. The van der Waals surface area contributed by atoms with E-state index in [9.17, 15) is 4.79 Å². The molecular weight excluding hydrogens is 232 g/mol. The summed E-state index contributed by atoms with van der Waals surface area (Å²) in [6.45, 7) is 0.0514. The predicted molar refractivity (Wildman–Crippen MR) is 71.5 cm³/mol. The van der Waals surface area contributed by atoms with Crippen LogP contribution in [-0.2, 0) is 4.79 Å². The molecule has 0 saturated carbocycles. The van der Waals surface area contributed by atoms with Crippen LogP contribution in [0.25, 0.3) is 0 Å². The topological polar surface area (TPSA) is 77.8 Å². The largest absolute Gasteiger partial charge is 0.481 e. The molecule has 3 N–H and O–H groups in total. The Morgan fingerprint density at radius 3 is 1.61 bits per heavy atom. The summed E-state index contributed by atoms with van der Waals surface area (Å²) in [7, 11) is 0. The van der Waals surface area contributed by atoms with E-state index in [1.807, 2.05) is 0 Å². The summed E-state index contributed by atoms with van der Waals surface area (Å²) in [6.07, 6.45) is 10.6. The number of aliphatic carboxylic acids is 1. The maximum atomic E-state index is 10.6. The highest BCUT2D eigenvalue weighted by Gasteiger charge is 2.14. The van der Waals surface area contributed by atoms with Gasteiger partial charge >= 0.3 is 5.97 Å². The Kier molecular flexibility index (Phi) is 12.4. The summed E-state index contributed by atoms with van der Waals surface area (Å²) in [5.74, 6) is -1.47. The van der Waals surface area contributed by atoms with E-state index in [4.69, 9.17) is 15.3 Å². The lowest BCUT2D eigenvalue weighted by Gasteiger charge is -2.08. The van der Waals surface area contributed by atoms with Gasteiger partial charge in [-0.2, -0.15) is 0 Å². The Labute approximate surface area is 110 Å². The molecule has 0 aromatic carbocycles. The zero-order valence-corrected chi connectivity index (χ0v) is 11.3. The second-order valence-corrected chi connectivity index (χ2v) is 4.91. The molecule has 4 nitrogen and oxygen atoms in total. The van der Waals surface area contributed by atoms with Crippen LogP contribution < -0.4 is 0 Å². The van der Waals surface area contributed by atoms with E-state index >= 15 is 0 Å². The van der Waals surface area contributed by atoms with Crippen LogP contribution in [0.3, 0.4) is 0 Å². The van der Waals surface area contributed by atoms with Crippen LogP contribution in [0.15, 0.2) is 0 Å². The number of carboxylic acid groups (broad SMARTS) is 1. The number of rotatable bonds is 13. The summed E-state index contributed by atoms with van der Waals surface area (Å²) in [4.78, 5) is 10.6. The second kappa shape index (κ2) is 12.8. The second-order valence-electron chi connectivity index (χ2n) is 4.91. The fourth-order valence-corrected chi connectivity index (χ4v) is 2.03. The van der Waals surface area contributed by atoms with Crippen LogP contribution in [0.5, 0.6) is 0 Å². The van der Waals surface area contributed by atoms with Crippen molar-refractivity contribution in [2.45, 2.75) is 64.2 Å². The standard InChI is InChI=1S/C14H28O4/c15-11-9-7-5-3-1-2-4-6-8-10-13(12-16)14(17)18/h13,15-16H,1-12H2,(H,17,18). The molecular formula is C14H28O4. The highest BCUT2D eigenvalue weighted by Crippen LogP contribution is 2.13. The minimum atomic E-state index is -0.888. The Bertz CT molecular complexity index is 194.